The third-order valence-corrected chi connectivity index (χ3v) is 3.51. The fourth-order valence-corrected chi connectivity index (χ4v) is 2.42. The molecular weight excluding hydrogens is 238 g/mol. The van der Waals surface area contributed by atoms with Gasteiger partial charge in [0.2, 0.25) is 0 Å². The van der Waals surface area contributed by atoms with Crippen molar-refractivity contribution in [3.8, 4) is 0 Å². The van der Waals surface area contributed by atoms with Crippen molar-refractivity contribution < 1.29 is 9.53 Å². The number of esters is 1. The molecule has 0 unspecified atom stereocenters. The lowest BCUT2D eigenvalue weighted by Crippen LogP contribution is -2.25. The van der Waals surface area contributed by atoms with Gasteiger partial charge in [0.15, 0.2) is 0 Å². The minimum atomic E-state index is -0.117. The van der Waals surface area contributed by atoms with E-state index in [-0.39, 0.29) is 11.9 Å². The topological polar surface area (TPSA) is 38.3 Å². The first kappa shape index (κ1) is 12.4. The predicted molar refractivity (Wildman–Crippen MR) is 67.0 cm³/mol. The second kappa shape index (κ2) is 5.52. The van der Waals surface area contributed by atoms with Crippen LogP contribution < -0.4 is 5.32 Å². The van der Waals surface area contributed by atoms with Gasteiger partial charge >= 0.3 is 5.97 Å². The van der Waals surface area contributed by atoms with Crippen LogP contribution >= 0.6 is 11.6 Å². The Morgan fingerprint density at radius 3 is 2.76 bits per heavy atom. The lowest BCUT2D eigenvalue weighted by molar-refractivity contribution is -0.146. The van der Waals surface area contributed by atoms with Gasteiger partial charge in [-0.05, 0) is 36.6 Å². The Morgan fingerprint density at radius 2 is 2.12 bits per heavy atom. The molecule has 1 aromatic carbocycles. The van der Waals surface area contributed by atoms with Crippen LogP contribution in [0.5, 0.6) is 0 Å². The van der Waals surface area contributed by atoms with Crippen molar-refractivity contribution in [3.05, 3.63) is 34.9 Å². The molecule has 4 heteroatoms. The van der Waals surface area contributed by atoms with Crippen LogP contribution in [0.1, 0.15) is 5.56 Å². The van der Waals surface area contributed by atoms with Gasteiger partial charge in [-0.2, -0.15) is 0 Å². The number of rotatable bonds is 3. The summed E-state index contributed by atoms with van der Waals surface area (Å²) in [5.74, 6) is 0.160. The van der Waals surface area contributed by atoms with E-state index in [0.717, 1.165) is 18.0 Å². The van der Waals surface area contributed by atoms with Gasteiger partial charge in [-0.1, -0.05) is 23.7 Å². The summed E-state index contributed by atoms with van der Waals surface area (Å²) in [6, 6.07) is 7.78. The SMILES string of the molecule is COC(=O)[C@@H]1CNC[C@@H]1Cc1ccc(Cl)cc1. The lowest BCUT2D eigenvalue weighted by atomic mass is 9.90. The molecule has 3 nitrogen and oxygen atoms in total. The molecule has 0 radical (unpaired) electrons. The number of nitrogens with one attached hydrogen (secondary N) is 1. The van der Waals surface area contributed by atoms with Gasteiger partial charge < -0.3 is 10.1 Å². The third-order valence-electron chi connectivity index (χ3n) is 3.25. The number of methoxy groups -OCH3 is 1. The number of carbonyl (C=O) groups is 1. The van der Waals surface area contributed by atoms with Crippen LogP contribution in [0.4, 0.5) is 0 Å². The lowest BCUT2D eigenvalue weighted by Gasteiger charge is -2.16. The second-order valence-corrected chi connectivity index (χ2v) is 4.82. The molecule has 92 valence electrons. The molecule has 0 aromatic heterocycles. The van der Waals surface area contributed by atoms with Crippen LogP contribution in [-0.4, -0.2) is 26.2 Å². The molecule has 0 saturated carbocycles. The smallest absolute Gasteiger partial charge is 0.310 e. The van der Waals surface area contributed by atoms with Crippen LogP contribution in [0.15, 0.2) is 24.3 Å². The van der Waals surface area contributed by atoms with Crippen molar-refractivity contribution in [2.75, 3.05) is 20.2 Å². The Bertz CT molecular complexity index is 391. The zero-order valence-corrected chi connectivity index (χ0v) is 10.5. The molecule has 1 heterocycles. The highest BCUT2D eigenvalue weighted by Crippen LogP contribution is 2.23. The number of carbonyl (C=O) groups excluding carboxylic acids is 1. The van der Waals surface area contributed by atoms with E-state index < -0.39 is 0 Å². The van der Waals surface area contributed by atoms with Crippen molar-refractivity contribution in [1.82, 2.24) is 5.32 Å². The van der Waals surface area contributed by atoms with E-state index in [2.05, 4.69) is 5.32 Å². The Labute approximate surface area is 106 Å². The Kier molecular flexibility index (Phi) is 4.02. The zero-order valence-electron chi connectivity index (χ0n) is 9.78. The van der Waals surface area contributed by atoms with E-state index in [1.54, 1.807) is 0 Å². The van der Waals surface area contributed by atoms with Crippen molar-refractivity contribution in [2.24, 2.45) is 11.8 Å². The molecule has 0 spiro atoms. The average molecular weight is 254 g/mol. The van der Waals surface area contributed by atoms with Gasteiger partial charge in [0.05, 0.1) is 13.0 Å². The van der Waals surface area contributed by atoms with Crippen molar-refractivity contribution in [2.45, 2.75) is 6.42 Å². The standard InChI is InChI=1S/C13H16ClNO2/c1-17-13(16)12-8-15-7-10(12)6-9-2-4-11(14)5-3-9/h2-5,10,12,15H,6-8H2,1H3/t10-,12+/m0/s1. The molecule has 1 aromatic rings. The number of hydrogen-bond donors (Lipinski definition) is 1. The maximum atomic E-state index is 11.6. The summed E-state index contributed by atoms with van der Waals surface area (Å²) in [7, 11) is 1.44. The zero-order chi connectivity index (χ0) is 12.3. The predicted octanol–water partition coefficient (Wildman–Crippen LogP) is 1.89. The highest BCUT2D eigenvalue weighted by Gasteiger charge is 2.33. The molecule has 1 aliphatic heterocycles. The summed E-state index contributed by atoms with van der Waals surface area (Å²) in [5, 5.41) is 3.98. The number of halogens is 1. The maximum absolute atomic E-state index is 11.6. The van der Waals surface area contributed by atoms with Crippen LogP contribution in [0.25, 0.3) is 0 Å². The van der Waals surface area contributed by atoms with Gasteiger partial charge in [-0.3, -0.25) is 4.79 Å². The molecule has 17 heavy (non-hydrogen) atoms. The molecule has 0 amide bonds. The molecule has 0 aliphatic carbocycles. The number of ether oxygens (including phenoxy) is 1. The van der Waals surface area contributed by atoms with E-state index in [1.807, 2.05) is 24.3 Å². The highest BCUT2D eigenvalue weighted by atomic mass is 35.5. The van der Waals surface area contributed by atoms with E-state index >= 15 is 0 Å². The minimum Gasteiger partial charge on any atom is -0.469 e. The van der Waals surface area contributed by atoms with Crippen molar-refractivity contribution >= 4 is 17.6 Å². The Hall–Kier alpha value is -1.06. The molecule has 1 N–H and O–H groups in total. The Balaban J connectivity index is 2.02. The van der Waals surface area contributed by atoms with E-state index in [0.29, 0.717) is 12.5 Å². The number of benzene rings is 1. The summed E-state index contributed by atoms with van der Waals surface area (Å²) in [5.41, 5.74) is 1.21. The van der Waals surface area contributed by atoms with Crippen LogP contribution in [-0.2, 0) is 16.0 Å². The molecule has 1 fully saturated rings. The first-order valence-corrected chi connectivity index (χ1v) is 6.11. The van der Waals surface area contributed by atoms with Gasteiger partial charge in [0, 0.05) is 11.6 Å². The molecule has 1 aliphatic rings. The summed E-state index contributed by atoms with van der Waals surface area (Å²) in [6.07, 6.45) is 0.879. The fraction of sp³-hybridized carbons (Fsp3) is 0.462. The van der Waals surface area contributed by atoms with Crippen LogP contribution in [0.2, 0.25) is 5.02 Å². The van der Waals surface area contributed by atoms with Crippen LogP contribution in [0.3, 0.4) is 0 Å². The first-order chi connectivity index (χ1) is 8.20. The molecule has 2 atom stereocenters. The quantitative estimate of drug-likeness (QED) is 0.836. The number of hydrogen-bond acceptors (Lipinski definition) is 3. The first-order valence-electron chi connectivity index (χ1n) is 5.73. The Morgan fingerprint density at radius 1 is 1.41 bits per heavy atom. The fourth-order valence-electron chi connectivity index (χ4n) is 2.30. The summed E-state index contributed by atoms with van der Waals surface area (Å²) in [6.45, 7) is 1.58. The minimum absolute atomic E-state index is 0.0318. The van der Waals surface area contributed by atoms with Crippen LogP contribution in [0, 0.1) is 11.8 Å². The van der Waals surface area contributed by atoms with Gasteiger partial charge in [0.1, 0.15) is 0 Å². The molecule has 1 saturated heterocycles. The average Bonchev–Trinajstić information content (AvgIpc) is 2.79. The monoisotopic (exact) mass is 253 g/mol. The molecule has 0 bridgehead atoms. The largest absolute Gasteiger partial charge is 0.469 e. The molecular formula is C13H16ClNO2. The summed E-state index contributed by atoms with van der Waals surface area (Å²) < 4.78 is 4.82. The third kappa shape index (κ3) is 2.99. The van der Waals surface area contributed by atoms with Crippen molar-refractivity contribution in [1.29, 1.82) is 0 Å². The van der Waals surface area contributed by atoms with E-state index in [9.17, 15) is 4.79 Å². The van der Waals surface area contributed by atoms with Gasteiger partial charge in [-0.15, -0.1) is 0 Å². The molecule has 2 rings (SSSR count). The summed E-state index contributed by atoms with van der Waals surface area (Å²) >= 11 is 5.84. The second-order valence-electron chi connectivity index (χ2n) is 4.38. The van der Waals surface area contributed by atoms with Gasteiger partial charge in [-0.25, -0.2) is 0 Å². The van der Waals surface area contributed by atoms with Crippen molar-refractivity contribution in [3.63, 3.8) is 0 Å². The normalized spacial score (nSPS) is 23.6. The van der Waals surface area contributed by atoms with Gasteiger partial charge in [0.25, 0.3) is 0 Å². The summed E-state index contributed by atoms with van der Waals surface area (Å²) in [4.78, 5) is 11.6. The highest BCUT2D eigenvalue weighted by molar-refractivity contribution is 6.30. The maximum Gasteiger partial charge on any atom is 0.310 e. The van der Waals surface area contributed by atoms with E-state index in [4.69, 9.17) is 16.3 Å². The van der Waals surface area contributed by atoms with E-state index in [1.165, 1.54) is 12.7 Å².